The molecule has 2 aromatic carbocycles. The van der Waals surface area contributed by atoms with Gasteiger partial charge in [0.2, 0.25) is 8.32 Å². The van der Waals surface area contributed by atoms with Gasteiger partial charge < -0.3 is 18.8 Å². The molecule has 0 amide bonds. The number of nitrogens with zero attached hydrogens (tertiary/aromatic N) is 1. The minimum Gasteiger partial charge on any atom is -0.497 e. The highest BCUT2D eigenvalue weighted by atomic mass is 28.4. The van der Waals surface area contributed by atoms with Gasteiger partial charge in [0.25, 0.3) is 0 Å². The summed E-state index contributed by atoms with van der Waals surface area (Å²) in [6, 6.07) is 9.92. The van der Waals surface area contributed by atoms with Crippen LogP contribution in [0, 0.1) is 19.3 Å². The lowest BCUT2D eigenvalue weighted by atomic mass is 9.80. The monoisotopic (exact) mass is 587 g/mol. The lowest BCUT2D eigenvalue weighted by molar-refractivity contribution is 0.0697. The lowest BCUT2D eigenvalue weighted by Crippen LogP contribution is -2.47. The first-order valence-electron chi connectivity index (χ1n) is 15.6. The zero-order valence-electron chi connectivity index (χ0n) is 26.8. The molecule has 226 valence electrons. The maximum Gasteiger partial charge on any atom is 0.335 e. The molecule has 1 aliphatic carbocycles. The SMILES string of the molecule is C#CCn1c(-c2ccc(OC)cc2CO[Si](C(C)C)(C(C)C)C(C)C)c(C2CCCCC2)c2c(C)cc(C(=O)O)cc21. The molecule has 1 N–H and O–H groups in total. The van der Waals surface area contributed by atoms with Gasteiger partial charge in [0.15, 0.2) is 0 Å². The van der Waals surface area contributed by atoms with Crippen molar-refractivity contribution in [2.75, 3.05) is 7.11 Å². The average Bonchev–Trinajstić information content (AvgIpc) is 3.27. The van der Waals surface area contributed by atoms with E-state index >= 15 is 0 Å². The highest BCUT2D eigenvalue weighted by Crippen LogP contribution is 2.48. The number of aromatic carboxylic acids is 1. The summed E-state index contributed by atoms with van der Waals surface area (Å²) in [5, 5.41) is 11.1. The van der Waals surface area contributed by atoms with Crippen molar-refractivity contribution in [1.82, 2.24) is 4.57 Å². The van der Waals surface area contributed by atoms with Gasteiger partial charge in [-0.1, -0.05) is 66.7 Å². The summed E-state index contributed by atoms with van der Waals surface area (Å²) in [5.41, 5.74) is 8.17. The Morgan fingerprint density at radius 1 is 1.05 bits per heavy atom. The number of carboxylic acid groups (broad SMARTS) is 1. The second-order valence-electron chi connectivity index (χ2n) is 13.0. The van der Waals surface area contributed by atoms with E-state index in [0.717, 1.165) is 51.9 Å². The van der Waals surface area contributed by atoms with Gasteiger partial charge in [0.1, 0.15) is 5.75 Å². The zero-order valence-corrected chi connectivity index (χ0v) is 27.8. The van der Waals surface area contributed by atoms with E-state index in [1.54, 1.807) is 7.11 Å². The number of methoxy groups -OCH3 is 1. The molecule has 42 heavy (non-hydrogen) atoms. The summed E-state index contributed by atoms with van der Waals surface area (Å²) < 4.78 is 15.0. The molecule has 6 heteroatoms. The fourth-order valence-electron chi connectivity index (χ4n) is 7.92. The molecule has 1 saturated carbocycles. The van der Waals surface area contributed by atoms with Crippen molar-refractivity contribution in [2.45, 2.75) is 116 Å². The molecule has 1 heterocycles. The molecular weight excluding hydrogens is 538 g/mol. The average molecular weight is 588 g/mol. The molecule has 1 fully saturated rings. The number of benzene rings is 2. The summed E-state index contributed by atoms with van der Waals surface area (Å²) in [6.45, 7) is 16.8. The van der Waals surface area contributed by atoms with Crippen molar-refractivity contribution < 1.29 is 19.1 Å². The van der Waals surface area contributed by atoms with E-state index in [2.05, 4.69) is 64.2 Å². The summed E-state index contributed by atoms with van der Waals surface area (Å²) >= 11 is 0. The third kappa shape index (κ3) is 5.79. The Morgan fingerprint density at radius 3 is 2.24 bits per heavy atom. The van der Waals surface area contributed by atoms with Crippen LogP contribution in [0.3, 0.4) is 0 Å². The van der Waals surface area contributed by atoms with E-state index in [-0.39, 0.29) is 5.56 Å². The van der Waals surface area contributed by atoms with Crippen molar-refractivity contribution in [1.29, 1.82) is 0 Å². The highest BCUT2D eigenvalue weighted by Gasteiger charge is 2.45. The maximum atomic E-state index is 12.1. The van der Waals surface area contributed by atoms with E-state index in [0.29, 0.717) is 35.7 Å². The van der Waals surface area contributed by atoms with Crippen LogP contribution in [-0.4, -0.2) is 31.1 Å². The standard InChI is InChI=1S/C36H49NO4Si/c1-10-18-37-32-21-28(36(38)39)19-26(8)33(32)34(27-14-12-11-13-15-27)35(37)31-17-16-30(40-9)20-29(31)22-41-42(23(2)3,24(4)5)25(6)7/h1,16-17,19-21,23-25,27H,11-15,18,22H2,2-9H3,(H,38,39). The van der Waals surface area contributed by atoms with Gasteiger partial charge in [-0.25, -0.2) is 4.79 Å². The molecule has 3 aromatic rings. The van der Waals surface area contributed by atoms with Gasteiger partial charge >= 0.3 is 5.97 Å². The predicted molar refractivity (Wildman–Crippen MR) is 176 cm³/mol. The lowest BCUT2D eigenvalue weighted by Gasteiger charge is -2.42. The Kier molecular flexibility index (Phi) is 9.95. The second-order valence-corrected chi connectivity index (χ2v) is 18.5. The molecule has 0 spiro atoms. The third-order valence-corrected chi connectivity index (χ3v) is 15.7. The fourth-order valence-corrected chi connectivity index (χ4v) is 13.3. The first-order valence-corrected chi connectivity index (χ1v) is 17.8. The summed E-state index contributed by atoms with van der Waals surface area (Å²) in [6.07, 6.45) is 11.9. The first kappa shape index (κ1) is 31.9. The van der Waals surface area contributed by atoms with Crippen LogP contribution in [0.4, 0.5) is 0 Å². The number of carbonyl (C=O) groups is 1. The van der Waals surface area contributed by atoms with Crippen molar-refractivity contribution >= 4 is 25.2 Å². The van der Waals surface area contributed by atoms with E-state index in [9.17, 15) is 9.90 Å². The van der Waals surface area contributed by atoms with Gasteiger partial charge in [-0.3, -0.25) is 0 Å². The molecule has 0 bridgehead atoms. The van der Waals surface area contributed by atoms with Gasteiger partial charge in [-0.15, -0.1) is 6.42 Å². The molecule has 0 aliphatic heterocycles. The summed E-state index contributed by atoms with van der Waals surface area (Å²) in [5.74, 6) is 3.14. The van der Waals surface area contributed by atoms with Crippen LogP contribution in [-0.2, 0) is 17.6 Å². The molecule has 5 nitrogen and oxygen atoms in total. The van der Waals surface area contributed by atoms with Crippen molar-refractivity contribution in [2.24, 2.45) is 0 Å². The number of hydrogen-bond acceptors (Lipinski definition) is 3. The predicted octanol–water partition coefficient (Wildman–Crippen LogP) is 9.70. The van der Waals surface area contributed by atoms with E-state index in [1.165, 1.54) is 24.8 Å². The normalized spacial score (nSPS) is 14.7. The van der Waals surface area contributed by atoms with Crippen molar-refractivity contribution in [3.05, 3.63) is 52.6 Å². The second kappa shape index (κ2) is 13.1. The molecule has 0 radical (unpaired) electrons. The number of aromatic nitrogens is 1. The van der Waals surface area contributed by atoms with Gasteiger partial charge in [-0.2, -0.15) is 0 Å². The smallest absolute Gasteiger partial charge is 0.335 e. The fraction of sp³-hybridized carbons (Fsp3) is 0.528. The number of terminal acetylenes is 1. The highest BCUT2D eigenvalue weighted by molar-refractivity contribution is 6.77. The van der Waals surface area contributed by atoms with Crippen LogP contribution in [0.1, 0.15) is 107 Å². The summed E-state index contributed by atoms with van der Waals surface area (Å²) in [4.78, 5) is 12.1. The first-order chi connectivity index (χ1) is 20.0. The van der Waals surface area contributed by atoms with Gasteiger partial charge in [0.05, 0.1) is 37.0 Å². The Balaban J connectivity index is 2.03. The number of aryl methyl sites for hydroxylation is 1. The van der Waals surface area contributed by atoms with Crippen LogP contribution in [0.2, 0.25) is 16.6 Å². The number of carboxylic acids is 1. The number of hydrogen-bond donors (Lipinski definition) is 1. The minimum absolute atomic E-state index is 0.289. The Morgan fingerprint density at radius 2 is 1.69 bits per heavy atom. The molecule has 0 unspecified atom stereocenters. The van der Waals surface area contributed by atoms with Gasteiger partial charge in [0, 0.05) is 10.9 Å². The van der Waals surface area contributed by atoms with Crippen LogP contribution >= 0.6 is 0 Å². The Labute approximate surface area is 253 Å². The van der Waals surface area contributed by atoms with E-state index < -0.39 is 14.3 Å². The third-order valence-electron chi connectivity index (χ3n) is 9.66. The van der Waals surface area contributed by atoms with Crippen LogP contribution in [0.25, 0.3) is 22.2 Å². The van der Waals surface area contributed by atoms with Crippen LogP contribution in [0.5, 0.6) is 5.75 Å². The van der Waals surface area contributed by atoms with Crippen molar-refractivity contribution in [3.63, 3.8) is 0 Å². The molecule has 4 rings (SSSR count). The Hall–Kier alpha value is -3.01. The molecule has 1 aliphatic rings. The van der Waals surface area contributed by atoms with Crippen LogP contribution < -0.4 is 4.74 Å². The van der Waals surface area contributed by atoms with Crippen molar-refractivity contribution in [3.8, 4) is 29.4 Å². The minimum atomic E-state index is -2.14. The van der Waals surface area contributed by atoms with E-state index in [4.69, 9.17) is 15.6 Å². The number of ether oxygens (including phenoxy) is 1. The van der Waals surface area contributed by atoms with Gasteiger partial charge in [-0.05, 0) is 89.3 Å². The van der Waals surface area contributed by atoms with Crippen LogP contribution in [0.15, 0.2) is 30.3 Å². The number of rotatable bonds is 11. The molecular formula is C36H49NO4Si. The molecule has 0 saturated heterocycles. The maximum absolute atomic E-state index is 12.1. The Bertz CT molecular complexity index is 1450. The number of fused-ring (bicyclic) bond motifs is 1. The largest absolute Gasteiger partial charge is 0.497 e. The molecule has 0 atom stereocenters. The van der Waals surface area contributed by atoms with E-state index in [1.807, 2.05) is 25.1 Å². The zero-order chi connectivity index (χ0) is 30.8. The molecule has 1 aromatic heterocycles. The quantitative estimate of drug-likeness (QED) is 0.179. The topological polar surface area (TPSA) is 60.7 Å². The summed E-state index contributed by atoms with van der Waals surface area (Å²) in [7, 11) is -0.440.